The molecule has 0 aromatic rings. The number of carboxylic acids is 1. The molecule has 0 amide bonds. The van der Waals surface area contributed by atoms with Crippen LogP contribution >= 0.6 is 0 Å². The third-order valence-electron chi connectivity index (χ3n) is 0.732. The van der Waals surface area contributed by atoms with Gasteiger partial charge in [-0.2, -0.15) is 0 Å². The second-order valence-corrected chi connectivity index (χ2v) is 1.92. The van der Waals surface area contributed by atoms with Crippen LogP contribution in [0, 0.1) is 0 Å². The monoisotopic (exact) mass is 160 g/mol. The third-order valence-corrected chi connectivity index (χ3v) is 0.732. The van der Waals surface area contributed by atoms with Gasteiger partial charge in [0.15, 0.2) is 0 Å². The largest absolute Gasteiger partial charge is 0.482 e. The number of hydrogen-bond donors (Lipinski definition) is 3. The number of nitrogens with one attached hydrogen (secondary N) is 1. The van der Waals surface area contributed by atoms with Crippen molar-refractivity contribution in [3.8, 4) is 0 Å². The third kappa shape index (κ3) is 8.77. The molecule has 0 aromatic heterocycles. The van der Waals surface area contributed by atoms with E-state index < -0.39 is 5.97 Å². The van der Waals surface area contributed by atoms with Crippen LogP contribution in [-0.4, -0.2) is 23.8 Å². The normalized spacial score (nSPS) is 12.9. The first-order chi connectivity index (χ1) is 5.13. The van der Waals surface area contributed by atoms with Gasteiger partial charge in [0.05, 0.1) is 0 Å². The molecule has 0 aliphatic rings. The van der Waals surface area contributed by atoms with Gasteiger partial charge in [-0.3, -0.25) is 10.5 Å². The predicted molar refractivity (Wildman–Crippen MR) is 39.5 cm³/mol. The Kier molecular flexibility index (Phi) is 4.93. The van der Waals surface area contributed by atoms with E-state index in [0.717, 1.165) is 0 Å². The van der Waals surface area contributed by atoms with Crippen molar-refractivity contribution in [1.82, 2.24) is 5.32 Å². The van der Waals surface area contributed by atoms with Crippen LogP contribution in [0.5, 0.6) is 0 Å². The lowest BCUT2D eigenvalue weighted by Gasteiger charge is -2.02. The zero-order valence-corrected chi connectivity index (χ0v) is 6.28. The number of rotatable bonds is 5. The quantitative estimate of drug-likeness (QED) is 0.371. The SMILES string of the molecule is CC(N)O/C=C/NCC(=O)O. The summed E-state index contributed by atoms with van der Waals surface area (Å²) in [4.78, 5) is 9.93. The summed E-state index contributed by atoms with van der Waals surface area (Å²) in [6, 6.07) is 0. The highest BCUT2D eigenvalue weighted by Gasteiger charge is 1.89. The molecular formula is C6H12N2O3. The van der Waals surface area contributed by atoms with E-state index in [4.69, 9.17) is 15.6 Å². The number of carbonyl (C=O) groups is 1. The van der Waals surface area contributed by atoms with Crippen molar-refractivity contribution in [3.05, 3.63) is 12.5 Å². The number of aliphatic carboxylic acids is 1. The minimum Gasteiger partial charge on any atom is -0.482 e. The van der Waals surface area contributed by atoms with E-state index in [9.17, 15) is 4.79 Å². The summed E-state index contributed by atoms with van der Waals surface area (Å²) in [6.45, 7) is 1.54. The molecule has 5 nitrogen and oxygen atoms in total. The van der Waals surface area contributed by atoms with Gasteiger partial charge < -0.3 is 15.2 Å². The molecule has 0 saturated carbocycles. The Morgan fingerprint density at radius 3 is 3.00 bits per heavy atom. The first-order valence-corrected chi connectivity index (χ1v) is 3.14. The summed E-state index contributed by atoms with van der Waals surface area (Å²) in [5.74, 6) is -0.921. The molecule has 0 aromatic carbocycles. The van der Waals surface area contributed by atoms with Crippen molar-refractivity contribution in [2.45, 2.75) is 13.2 Å². The zero-order valence-electron chi connectivity index (χ0n) is 6.28. The number of hydrogen-bond acceptors (Lipinski definition) is 4. The van der Waals surface area contributed by atoms with Crippen LogP contribution in [0.15, 0.2) is 12.5 Å². The summed E-state index contributed by atoms with van der Waals surface area (Å²) in [7, 11) is 0. The van der Waals surface area contributed by atoms with Gasteiger partial charge >= 0.3 is 5.97 Å². The maximum Gasteiger partial charge on any atom is 0.322 e. The fourth-order valence-electron chi connectivity index (χ4n) is 0.358. The lowest BCUT2D eigenvalue weighted by molar-refractivity contribution is -0.135. The van der Waals surface area contributed by atoms with Crippen LogP contribution in [0.1, 0.15) is 6.92 Å². The molecule has 0 saturated heterocycles. The Morgan fingerprint density at radius 1 is 1.91 bits per heavy atom. The molecule has 11 heavy (non-hydrogen) atoms. The van der Waals surface area contributed by atoms with Gasteiger partial charge in [0.2, 0.25) is 0 Å². The second kappa shape index (κ2) is 5.55. The minimum atomic E-state index is -0.921. The van der Waals surface area contributed by atoms with E-state index >= 15 is 0 Å². The number of ether oxygens (including phenoxy) is 1. The number of nitrogens with two attached hydrogens (primary N) is 1. The summed E-state index contributed by atoms with van der Waals surface area (Å²) < 4.78 is 4.77. The van der Waals surface area contributed by atoms with Crippen LogP contribution in [-0.2, 0) is 9.53 Å². The molecule has 0 aliphatic carbocycles. The van der Waals surface area contributed by atoms with Gasteiger partial charge in [0.1, 0.15) is 19.0 Å². The average molecular weight is 160 g/mol. The molecule has 0 spiro atoms. The smallest absolute Gasteiger partial charge is 0.322 e. The van der Waals surface area contributed by atoms with Crippen molar-refractivity contribution < 1.29 is 14.6 Å². The van der Waals surface area contributed by atoms with E-state index in [0.29, 0.717) is 0 Å². The Labute approximate surface area is 64.8 Å². The van der Waals surface area contributed by atoms with Gasteiger partial charge in [-0.1, -0.05) is 0 Å². The van der Waals surface area contributed by atoms with E-state index in [1.165, 1.54) is 12.5 Å². The lowest BCUT2D eigenvalue weighted by atomic mass is 10.6. The van der Waals surface area contributed by atoms with Gasteiger partial charge in [-0.25, -0.2) is 0 Å². The van der Waals surface area contributed by atoms with Crippen molar-refractivity contribution >= 4 is 5.97 Å². The summed E-state index contributed by atoms with van der Waals surface area (Å²) in [6.07, 6.45) is 2.32. The maximum atomic E-state index is 9.93. The molecule has 0 radical (unpaired) electrons. The summed E-state index contributed by atoms with van der Waals surface area (Å²) in [5, 5.41) is 10.6. The molecule has 5 heteroatoms. The zero-order chi connectivity index (χ0) is 8.69. The predicted octanol–water partition coefficient (Wildman–Crippen LogP) is -0.547. The van der Waals surface area contributed by atoms with E-state index in [1.807, 2.05) is 0 Å². The first kappa shape index (κ1) is 9.77. The topological polar surface area (TPSA) is 84.6 Å². The molecular weight excluding hydrogens is 148 g/mol. The highest BCUT2D eigenvalue weighted by Crippen LogP contribution is 1.79. The highest BCUT2D eigenvalue weighted by atomic mass is 16.5. The molecule has 0 heterocycles. The Balaban J connectivity index is 3.23. The molecule has 0 rings (SSSR count). The molecule has 64 valence electrons. The van der Waals surface area contributed by atoms with Crippen LogP contribution in [0.2, 0.25) is 0 Å². The standard InChI is InChI=1S/C6H12N2O3/c1-5(7)11-3-2-8-4-6(9)10/h2-3,5,8H,4,7H2,1H3,(H,9,10)/b3-2+. The molecule has 4 N–H and O–H groups in total. The lowest BCUT2D eigenvalue weighted by Crippen LogP contribution is -2.18. The van der Waals surface area contributed by atoms with Crippen LogP contribution in [0.25, 0.3) is 0 Å². The van der Waals surface area contributed by atoms with Crippen molar-refractivity contribution in [2.24, 2.45) is 5.73 Å². The summed E-state index contributed by atoms with van der Waals surface area (Å²) >= 11 is 0. The first-order valence-electron chi connectivity index (χ1n) is 3.14. The van der Waals surface area contributed by atoms with Gasteiger partial charge in [0, 0.05) is 6.20 Å². The van der Waals surface area contributed by atoms with Crippen molar-refractivity contribution in [3.63, 3.8) is 0 Å². The summed E-state index contributed by atoms with van der Waals surface area (Å²) in [5.41, 5.74) is 5.22. The Morgan fingerprint density at radius 2 is 2.55 bits per heavy atom. The van der Waals surface area contributed by atoms with E-state index in [2.05, 4.69) is 5.32 Å². The molecule has 1 atom stereocenters. The fraction of sp³-hybridized carbons (Fsp3) is 0.500. The van der Waals surface area contributed by atoms with Crippen LogP contribution < -0.4 is 11.1 Å². The Hall–Kier alpha value is -1.23. The van der Waals surface area contributed by atoms with Gasteiger partial charge in [0.25, 0.3) is 0 Å². The van der Waals surface area contributed by atoms with E-state index in [1.54, 1.807) is 6.92 Å². The Bertz CT molecular complexity index is 145. The van der Waals surface area contributed by atoms with Crippen molar-refractivity contribution in [2.75, 3.05) is 6.54 Å². The van der Waals surface area contributed by atoms with Crippen LogP contribution in [0.4, 0.5) is 0 Å². The van der Waals surface area contributed by atoms with Gasteiger partial charge in [-0.05, 0) is 6.92 Å². The second-order valence-electron chi connectivity index (χ2n) is 1.92. The molecule has 0 fully saturated rings. The molecule has 0 bridgehead atoms. The minimum absolute atomic E-state index is 0.126. The van der Waals surface area contributed by atoms with Crippen molar-refractivity contribution in [1.29, 1.82) is 0 Å². The molecule has 1 unspecified atom stereocenters. The fourth-order valence-corrected chi connectivity index (χ4v) is 0.358. The number of carboxylic acid groups (broad SMARTS) is 1. The van der Waals surface area contributed by atoms with Gasteiger partial charge in [-0.15, -0.1) is 0 Å². The maximum absolute atomic E-state index is 9.93. The van der Waals surface area contributed by atoms with E-state index in [-0.39, 0.29) is 12.8 Å². The van der Waals surface area contributed by atoms with Crippen LogP contribution in [0.3, 0.4) is 0 Å². The molecule has 0 aliphatic heterocycles. The highest BCUT2D eigenvalue weighted by molar-refractivity contribution is 5.69. The average Bonchev–Trinajstić information content (AvgIpc) is 1.85.